The summed E-state index contributed by atoms with van der Waals surface area (Å²) in [6, 6.07) is 1.00. The van der Waals surface area contributed by atoms with Gasteiger partial charge in [0, 0.05) is 26.1 Å². The van der Waals surface area contributed by atoms with Crippen molar-refractivity contribution >= 4 is 30.0 Å². The van der Waals surface area contributed by atoms with Crippen molar-refractivity contribution in [2.75, 3.05) is 33.7 Å². The Bertz CT molecular complexity index is 698. The molecule has 0 N–H and O–H groups in total. The summed E-state index contributed by atoms with van der Waals surface area (Å²) in [4.78, 5) is 45.5. The van der Waals surface area contributed by atoms with Crippen molar-refractivity contribution in [2.45, 2.75) is 18.9 Å². The number of piperidine rings is 1. The zero-order valence-electron chi connectivity index (χ0n) is 13.7. The van der Waals surface area contributed by atoms with Gasteiger partial charge in [0.25, 0.3) is 24.1 Å². The highest BCUT2D eigenvalue weighted by Crippen LogP contribution is 2.19. The van der Waals surface area contributed by atoms with Crippen molar-refractivity contribution < 1.29 is 19.0 Å². The molecule has 3 rings (SSSR count). The molecule has 1 atom stereocenters. The van der Waals surface area contributed by atoms with Crippen molar-refractivity contribution in [1.82, 2.24) is 14.7 Å². The Morgan fingerprint density at radius 2 is 2.08 bits per heavy atom. The molecule has 24 heavy (non-hydrogen) atoms. The smallest absolute Gasteiger partial charge is 0.334 e. The first-order chi connectivity index (χ1) is 11.4. The van der Waals surface area contributed by atoms with Crippen LogP contribution in [-0.2, 0) is 9.59 Å². The van der Waals surface area contributed by atoms with Crippen molar-refractivity contribution in [3.8, 4) is 6.07 Å². The van der Waals surface area contributed by atoms with Crippen LogP contribution in [0.3, 0.4) is 0 Å². The van der Waals surface area contributed by atoms with Crippen LogP contribution in [0.4, 0.5) is 4.79 Å². The molecule has 9 heteroatoms. The van der Waals surface area contributed by atoms with Crippen molar-refractivity contribution in [1.29, 1.82) is 5.26 Å². The number of nitrogens with zero attached hydrogens (tertiary/aromatic N) is 6. The number of nitriles is 1. The molecule has 9 nitrogen and oxygen atoms in total. The largest absolute Gasteiger partial charge is 0.341 e. The lowest BCUT2D eigenvalue weighted by molar-refractivity contribution is -0.500. The number of carbonyl (C=O) groups is 3. The van der Waals surface area contributed by atoms with E-state index in [0.717, 1.165) is 4.90 Å². The fourth-order valence-corrected chi connectivity index (χ4v) is 3.18. The number of likely N-dealkylation sites (tertiary alicyclic amines) is 1. The van der Waals surface area contributed by atoms with Crippen molar-refractivity contribution in [3.05, 3.63) is 0 Å². The average molecular weight is 331 g/mol. The quantitative estimate of drug-likeness (QED) is 0.612. The molecule has 3 heterocycles. The van der Waals surface area contributed by atoms with E-state index in [9.17, 15) is 14.4 Å². The number of carbonyl (C=O) groups excluding carboxylic acids is 3. The third-order valence-electron chi connectivity index (χ3n) is 4.71. The van der Waals surface area contributed by atoms with Gasteiger partial charge in [-0.25, -0.2) is 9.37 Å². The molecule has 0 aliphatic carbocycles. The van der Waals surface area contributed by atoms with E-state index >= 15 is 0 Å². The number of imide groups is 1. The fraction of sp³-hybridized carbons (Fsp3) is 0.600. The Morgan fingerprint density at radius 1 is 1.42 bits per heavy atom. The Kier molecular flexibility index (Phi) is 4.05. The maximum absolute atomic E-state index is 12.6. The molecule has 2 fully saturated rings. The highest BCUT2D eigenvalue weighted by Gasteiger charge is 2.51. The van der Waals surface area contributed by atoms with Crippen LogP contribution in [0.15, 0.2) is 4.99 Å². The third kappa shape index (κ3) is 2.54. The van der Waals surface area contributed by atoms with Gasteiger partial charge >= 0.3 is 6.03 Å². The second-order valence-corrected chi connectivity index (χ2v) is 6.22. The van der Waals surface area contributed by atoms with E-state index in [4.69, 9.17) is 5.26 Å². The van der Waals surface area contributed by atoms with Gasteiger partial charge in [-0.3, -0.25) is 19.4 Å². The van der Waals surface area contributed by atoms with Crippen LogP contribution < -0.4 is 0 Å². The predicted octanol–water partition coefficient (Wildman–Crippen LogP) is -0.906. The van der Waals surface area contributed by atoms with E-state index in [1.54, 1.807) is 23.6 Å². The molecule has 3 aliphatic rings. The van der Waals surface area contributed by atoms with Crippen LogP contribution in [0.2, 0.25) is 0 Å². The van der Waals surface area contributed by atoms with Gasteiger partial charge in [0.15, 0.2) is 0 Å². The first-order valence-electron chi connectivity index (χ1n) is 7.83. The highest BCUT2D eigenvalue weighted by atomic mass is 16.2. The van der Waals surface area contributed by atoms with Gasteiger partial charge in [0.1, 0.15) is 6.54 Å². The number of fused-ring (bicyclic) bond motifs is 1. The molecule has 0 aromatic heterocycles. The van der Waals surface area contributed by atoms with Gasteiger partial charge in [-0.05, 0) is 17.8 Å². The van der Waals surface area contributed by atoms with E-state index in [1.807, 2.05) is 0 Å². The minimum Gasteiger partial charge on any atom is -0.341 e. The summed E-state index contributed by atoms with van der Waals surface area (Å²) >= 11 is 0. The molecule has 0 radical (unpaired) electrons. The predicted molar refractivity (Wildman–Crippen MR) is 83.3 cm³/mol. The first-order valence-corrected chi connectivity index (χ1v) is 7.83. The van der Waals surface area contributed by atoms with Gasteiger partial charge in [-0.15, -0.1) is 0 Å². The number of amides is 4. The fourth-order valence-electron chi connectivity index (χ4n) is 3.18. The van der Waals surface area contributed by atoms with Crippen LogP contribution >= 0.6 is 0 Å². The molecule has 2 saturated heterocycles. The molecule has 4 amide bonds. The van der Waals surface area contributed by atoms with Gasteiger partial charge in [0.2, 0.25) is 5.91 Å². The number of rotatable bonds is 2. The third-order valence-corrected chi connectivity index (χ3v) is 4.71. The van der Waals surface area contributed by atoms with Crippen LogP contribution in [0.1, 0.15) is 12.8 Å². The summed E-state index contributed by atoms with van der Waals surface area (Å²) in [5.74, 6) is -0.356. The number of hydrogen-bond acceptors (Lipinski definition) is 5. The number of hydrogen-bond donors (Lipinski definition) is 0. The van der Waals surface area contributed by atoms with E-state index in [0.29, 0.717) is 31.8 Å². The zero-order chi connectivity index (χ0) is 17.4. The summed E-state index contributed by atoms with van der Waals surface area (Å²) in [6.07, 6.45) is 2.75. The number of urea groups is 1. The monoisotopic (exact) mass is 331 g/mol. The minimum absolute atomic E-state index is 0.0279. The van der Waals surface area contributed by atoms with E-state index in [1.165, 1.54) is 11.2 Å². The summed E-state index contributed by atoms with van der Waals surface area (Å²) in [5, 5.41) is 8.91. The molecular weight excluding hydrogens is 312 g/mol. The molecule has 3 aliphatic heterocycles. The molecular formula is C15H19N6O3+. The summed E-state index contributed by atoms with van der Waals surface area (Å²) < 4.78 is 1.62. The molecule has 1 unspecified atom stereocenters. The average Bonchev–Trinajstić information content (AvgIpc) is 2.98. The maximum atomic E-state index is 12.6. The Morgan fingerprint density at radius 3 is 2.71 bits per heavy atom. The maximum Gasteiger partial charge on any atom is 0.334 e. The lowest BCUT2D eigenvalue weighted by Crippen LogP contribution is -2.63. The molecule has 0 bridgehead atoms. The lowest BCUT2D eigenvalue weighted by Gasteiger charge is -2.35. The molecule has 126 valence electrons. The molecule has 0 aromatic carbocycles. The Hall–Kier alpha value is -2.76. The number of likely N-dealkylation sites (N-methyl/N-ethyl adjacent to an activating group) is 2. The van der Waals surface area contributed by atoms with Gasteiger partial charge in [-0.1, -0.05) is 0 Å². The SMILES string of the molecule is CN1C(=O)N(CC(=O)N2CCC(C#N)CC2)C(=O)C2C1=NC=[N+]2C. The standard InChI is InChI=1S/C15H19N6O3/c1-18-9-17-13-12(18)14(23)21(15(24)19(13)2)8-11(22)20-5-3-10(7-16)4-6-20/h9-10,12H,3-6,8H2,1-2H3/q+1. The van der Waals surface area contributed by atoms with Crippen LogP contribution in [0.5, 0.6) is 0 Å². The zero-order valence-corrected chi connectivity index (χ0v) is 13.7. The molecule has 0 saturated carbocycles. The second-order valence-electron chi connectivity index (χ2n) is 6.22. The van der Waals surface area contributed by atoms with E-state index in [-0.39, 0.29) is 18.4 Å². The highest BCUT2D eigenvalue weighted by molar-refractivity contribution is 6.22. The Labute approximate surface area is 139 Å². The minimum atomic E-state index is -0.662. The van der Waals surface area contributed by atoms with E-state index in [2.05, 4.69) is 11.1 Å². The van der Waals surface area contributed by atoms with Gasteiger partial charge in [-0.2, -0.15) is 5.26 Å². The summed E-state index contributed by atoms with van der Waals surface area (Å²) in [6.45, 7) is 0.677. The van der Waals surface area contributed by atoms with Crippen LogP contribution in [0.25, 0.3) is 0 Å². The second kappa shape index (κ2) is 6.03. The first kappa shape index (κ1) is 16.1. The van der Waals surface area contributed by atoms with Crippen LogP contribution in [-0.4, -0.2) is 89.1 Å². The molecule has 0 aromatic rings. The van der Waals surface area contributed by atoms with E-state index < -0.39 is 18.0 Å². The normalized spacial score (nSPS) is 24.5. The summed E-state index contributed by atoms with van der Waals surface area (Å²) in [7, 11) is 3.25. The van der Waals surface area contributed by atoms with Crippen LogP contribution in [0, 0.1) is 17.2 Å². The summed E-state index contributed by atoms with van der Waals surface area (Å²) in [5.41, 5.74) is 0. The van der Waals surface area contributed by atoms with Crippen molar-refractivity contribution in [3.63, 3.8) is 0 Å². The topological polar surface area (TPSA) is 100 Å². The number of aliphatic imine (C=N–C) groups is 1. The van der Waals surface area contributed by atoms with Crippen molar-refractivity contribution in [2.24, 2.45) is 10.9 Å². The molecule has 0 spiro atoms. The lowest BCUT2D eigenvalue weighted by atomic mass is 9.98. The van der Waals surface area contributed by atoms with Gasteiger partial charge in [0.05, 0.1) is 13.1 Å². The van der Waals surface area contributed by atoms with Gasteiger partial charge < -0.3 is 4.90 Å². The number of amidine groups is 1. The Balaban J connectivity index is 1.70.